The van der Waals surface area contributed by atoms with E-state index in [1.807, 2.05) is 31.3 Å². The van der Waals surface area contributed by atoms with Crippen LogP contribution in [0.25, 0.3) is 10.9 Å². The molecular weight excluding hydrogens is 338 g/mol. The van der Waals surface area contributed by atoms with Gasteiger partial charge in [0.15, 0.2) is 0 Å². The van der Waals surface area contributed by atoms with E-state index in [4.69, 9.17) is 4.42 Å². The van der Waals surface area contributed by atoms with E-state index in [9.17, 15) is 4.79 Å². The third-order valence-corrected chi connectivity index (χ3v) is 5.50. The highest BCUT2D eigenvalue weighted by molar-refractivity contribution is 5.83. The van der Waals surface area contributed by atoms with Crippen molar-refractivity contribution in [3.05, 3.63) is 59.7 Å². The summed E-state index contributed by atoms with van der Waals surface area (Å²) in [4.78, 5) is 18.2. The van der Waals surface area contributed by atoms with E-state index in [-0.39, 0.29) is 11.8 Å². The van der Waals surface area contributed by atoms with Crippen LogP contribution in [0.15, 0.2) is 47.0 Å². The SMILES string of the molecule is Cc1ccc(CN2CCC(C(=O)NCCc3c[nH]c4ccccc34)CC2)o1. The molecule has 1 aliphatic heterocycles. The van der Waals surface area contributed by atoms with Crippen LogP contribution in [0.1, 0.15) is 29.9 Å². The number of aromatic nitrogens is 1. The fourth-order valence-corrected chi connectivity index (χ4v) is 3.95. The number of furan rings is 1. The Morgan fingerprint density at radius 2 is 2.04 bits per heavy atom. The van der Waals surface area contributed by atoms with E-state index < -0.39 is 0 Å². The van der Waals surface area contributed by atoms with Crippen LogP contribution in [-0.2, 0) is 17.8 Å². The van der Waals surface area contributed by atoms with Crippen molar-refractivity contribution < 1.29 is 9.21 Å². The molecule has 0 unspecified atom stereocenters. The van der Waals surface area contributed by atoms with Gasteiger partial charge in [0.05, 0.1) is 6.54 Å². The Morgan fingerprint density at radius 1 is 1.22 bits per heavy atom. The summed E-state index contributed by atoms with van der Waals surface area (Å²) in [5.41, 5.74) is 2.41. The lowest BCUT2D eigenvalue weighted by Gasteiger charge is -2.30. The molecule has 3 aromatic rings. The number of fused-ring (bicyclic) bond motifs is 1. The van der Waals surface area contributed by atoms with Crippen molar-refractivity contribution in [2.45, 2.75) is 32.7 Å². The van der Waals surface area contributed by atoms with Gasteiger partial charge in [0.1, 0.15) is 11.5 Å². The normalized spacial score (nSPS) is 16.0. The summed E-state index contributed by atoms with van der Waals surface area (Å²) >= 11 is 0. The van der Waals surface area contributed by atoms with Gasteiger partial charge in [-0.25, -0.2) is 0 Å². The highest BCUT2D eigenvalue weighted by atomic mass is 16.3. The minimum Gasteiger partial charge on any atom is -0.465 e. The summed E-state index contributed by atoms with van der Waals surface area (Å²) in [6.07, 6.45) is 4.73. The molecule has 4 rings (SSSR count). The summed E-state index contributed by atoms with van der Waals surface area (Å²) < 4.78 is 5.66. The van der Waals surface area contributed by atoms with E-state index in [0.717, 1.165) is 55.9 Å². The number of carbonyl (C=O) groups is 1. The Balaban J connectivity index is 1.21. The molecule has 5 nitrogen and oxygen atoms in total. The average molecular weight is 365 g/mol. The summed E-state index contributed by atoms with van der Waals surface area (Å²) in [7, 11) is 0. The molecule has 0 saturated carbocycles. The number of aryl methyl sites for hydroxylation is 1. The number of likely N-dealkylation sites (tertiary alicyclic amines) is 1. The molecule has 1 saturated heterocycles. The Hall–Kier alpha value is -2.53. The van der Waals surface area contributed by atoms with Gasteiger partial charge in [-0.1, -0.05) is 18.2 Å². The third-order valence-electron chi connectivity index (χ3n) is 5.50. The standard InChI is InChI=1S/C22H27N3O2/c1-16-6-7-19(27-16)15-25-12-9-17(10-13-25)22(26)23-11-8-18-14-24-21-5-3-2-4-20(18)21/h2-7,14,17,24H,8-13,15H2,1H3,(H,23,26). The quantitative estimate of drug-likeness (QED) is 0.701. The number of amides is 1. The van der Waals surface area contributed by atoms with Gasteiger partial charge in [-0.2, -0.15) is 0 Å². The Bertz CT molecular complexity index is 903. The molecule has 0 bridgehead atoms. The minimum absolute atomic E-state index is 0.127. The molecule has 1 aromatic carbocycles. The summed E-state index contributed by atoms with van der Waals surface area (Å²) in [5, 5.41) is 4.38. The second-order valence-corrected chi connectivity index (χ2v) is 7.46. The van der Waals surface area contributed by atoms with Crippen molar-refractivity contribution in [2.75, 3.05) is 19.6 Å². The number of rotatable bonds is 6. The second-order valence-electron chi connectivity index (χ2n) is 7.46. The number of para-hydroxylation sites is 1. The molecule has 1 amide bonds. The van der Waals surface area contributed by atoms with Crippen molar-refractivity contribution in [3.63, 3.8) is 0 Å². The van der Waals surface area contributed by atoms with Crippen LogP contribution < -0.4 is 5.32 Å². The van der Waals surface area contributed by atoms with Crippen LogP contribution in [0, 0.1) is 12.8 Å². The number of H-pyrrole nitrogens is 1. The highest BCUT2D eigenvalue weighted by Gasteiger charge is 2.25. The topological polar surface area (TPSA) is 61.3 Å². The maximum atomic E-state index is 12.5. The van der Waals surface area contributed by atoms with Crippen molar-refractivity contribution in [2.24, 2.45) is 5.92 Å². The second kappa shape index (κ2) is 8.01. The molecule has 3 heterocycles. The number of carbonyl (C=O) groups excluding carboxylic acids is 1. The fourth-order valence-electron chi connectivity index (χ4n) is 3.95. The number of piperidine rings is 1. The zero-order valence-corrected chi connectivity index (χ0v) is 15.8. The van der Waals surface area contributed by atoms with E-state index in [1.165, 1.54) is 10.9 Å². The molecular formula is C22H27N3O2. The summed E-state index contributed by atoms with van der Waals surface area (Å²) in [6.45, 7) is 5.38. The van der Waals surface area contributed by atoms with Crippen molar-refractivity contribution in [3.8, 4) is 0 Å². The third kappa shape index (κ3) is 4.25. The van der Waals surface area contributed by atoms with Crippen LogP contribution in [-0.4, -0.2) is 35.4 Å². The number of aromatic amines is 1. The van der Waals surface area contributed by atoms with Crippen LogP contribution in [0.3, 0.4) is 0 Å². The molecule has 2 N–H and O–H groups in total. The Morgan fingerprint density at radius 3 is 2.81 bits per heavy atom. The molecule has 2 aromatic heterocycles. The van der Waals surface area contributed by atoms with E-state index in [1.54, 1.807) is 0 Å². The lowest BCUT2D eigenvalue weighted by Crippen LogP contribution is -2.40. The predicted octanol–water partition coefficient (Wildman–Crippen LogP) is 3.64. The molecule has 5 heteroatoms. The molecule has 27 heavy (non-hydrogen) atoms. The van der Waals surface area contributed by atoms with Gasteiger partial charge >= 0.3 is 0 Å². The average Bonchev–Trinajstić information content (AvgIpc) is 3.28. The smallest absolute Gasteiger partial charge is 0.223 e. The maximum Gasteiger partial charge on any atom is 0.223 e. The molecule has 0 atom stereocenters. The van der Waals surface area contributed by atoms with E-state index in [0.29, 0.717) is 6.54 Å². The molecule has 1 aliphatic rings. The van der Waals surface area contributed by atoms with Gasteiger partial charge < -0.3 is 14.7 Å². The first-order valence-electron chi connectivity index (χ1n) is 9.79. The van der Waals surface area contributed by atoms with Gasteiger partial charge in [-0.15, -0.1) is 0 Å². The van der Waals surface area contributed by atoms with Gasteiger partial charge in [0, 0.05) is 29.6 Å². The minimum atomic E-state index is 0.127. The van der Waals surface area contributed by atoms with Crippen LogP contribution >= 0.6 is 0 Å². The summed E-state index contributed by atoms with van der Waals surface area (Å²) in [6, 6.07) is 12.3. The van der Waals surface area contributed by atoms with Gasteiger partial charge in [0.25, 0.3) is 0 Å². The molecule has 0 radical (unpaired) electrons. The van der Waals surface area contributed by atoms with Gasteiger partial charge in [-0.3, -0.25) is 9.69 Å². The van der Waals surface area contributed by atoms with Crippen molar-refractivity contribution >= 4 is 16.8 Å². The predicted molar refractivity (Wildman–Crippen MR) is 106 cm³/mol. The molecule has 0 spiro atoms. The van der Waals surface area contributed by atoms with Crippen LogP contribution in [0.2, 0.25) is 0 Å². The summed E-state index contributed by atoms with van der Waals surface area (Å²) in [5.74, 6) is 2.29. The van der Waals surface area contributed by atoms with Gasteiger partial charge in [-0.05, 0) is 63.0 Å². The van der Waals surface area contributed by atoms with Crippen molar-refractivity contribution in [1.29, 1.82) is 0 Å². The largest absolute Gasteiger partial charge is 0.465 e. The number of nitrogens with one attached hydrogen (secondary N) is 2. The first-order chi connectivity index (χ1) is 13.2. The highest BCUT2D eigenvalue weighted by Crippen LogP contribution is 2.21. The lowest BCUT2D eigenvalue weighted by atomic mass is 9.95. The van der Waals surface area contributed by atoms with Crippen LogP contribution in [0.4, 0.5) is 0 Å². The fraction of sp³-hybridized carbons (Fsp3) is 0.409. The monoisotopic (exact) mass is 365 g/mol. The Labute approximate surface area is 159 Å². The Kier molecular flexibility index (Phi) is 5.30. The molecule has 1 fully saturated rings. The molecule has 142 valence electrons. The first kappa shape index (κ1) is 17.9. The van der Waals surface area contributed by atoms with E-state index >= 15 is 0 Å². The number of nitrogens with zero attached hydrogens (tertiary/aromatic N) is 1. The zero-order valence-electron chi connectivity index (χ0n) is 15.8. The van der Waals surface area contributed by atoms with Gasteiger partial charge in [0.2, 0.25) is 5.91 Å². The zero-order chi connectivity index (χ0) is 18.6. The lowest BCUT2D eigenvalue weighted by molar-refractivity contribution is -0.126. The number of benzene rings is 1. The maximum absolute atomic E-state index is 12.5. The van der Waals surface area contributed by atoms with Crippen LogP contribution in [0.5, 0.6) is 0 Å². The number of hydrogen-bond acceptors (Lipinski definition) is 3. The first-order valence-corrected chi connectivity index (χ1v) is 9.79. The molecule has 0 aliphatic carbocycles. The van der Waals surface area contributed by atoms with E-state index in [2.05, 4.69) is 33.4 Å². The number of hydrogen-bond donors (Lipinski definition) is 2. The van der Waals surface area contributed by atoms with Crippen molar-refractivity contribution in [1.82, 2.24) is 15.2 Å².